The van der Waals surface area contributed by atoms with Gasteiger partial charge in [-0.3, -0.25) is 9.69 Å². The largest absolute Gasteiger partial charge is 0.369 e. The smallest absolute Gasteiger partial charge is 0.231 e. The SMILES string of the molecule is Cc1nc(N[C@H](C)c2cccc(C#N)c2C)c(C2OCCO2)c(C2(Cl)CN(CC(N)=O)CCO2)n1. The van der Waals surface area contributed by atoms with Gasteiger partial charge in [0.15, 0.2) is 11.4 Å². The molecule has 3 N–H and O–H groups in total. The van der Waals surface area contributed by atoms with Gasteiger partial charge in [-0.25, -0.2) is 9.97 Å². The molecule has 2 aliphatic rings. The molecule has 1 aromatic heterocycles. The lowest BCUT2D eigenvalue weighted by Gasteiger charge is -2.39. The standard InChI is InChI=1S/C24H29ClN6O4/c1-14-17(11-26)5-4-6-18(14)15(2)28-22-20(23-33-9-10-34-23)21(29-16(3)30-22)24(25)13-31(7-8-35-24)12-19(27)32/h4-6,15,23H,7-10,12-13H2,1-3H3,(H2,27,32)(H,28,29,30)/t15-,24?/m1/s1. The summed E-state index contributed by atoms with van der Waals surface area (Å²) < 4.78 is 17.7. The Bertz CT molecular complexity index is 1150. The fraction of sp³-hybridized carbons (Fsp3) is 0.500. The van der Waals surface area contributed by atoms with Gasteiger partial charge in [0.25, 0.3) is 0 Å². The Morgan fingerprint density at radius 2 is 2.09 bits per heavy atom. The molecule has 2 aliphatic heterocycles. The number of nitriles is 1. The van der Waals surface area contributed by atoms with Gasteiger partial charge in [0, 0.05) is 13.1 Å². The Morgan fingerprint density at radius 3 is 2.77 bits per heavy atom. The van der Waals surface area contributed by atoms with Crippen LogP contribution < -0.4 is 11.1 Å². The van der Waals surface area contributed by atoms with Gasteiger partial charge < -0.3 is 25.3 Å². The summed E-state index contributed by atoms with van der Waals surface area (Å²) in [5.41, 5.74) is 8.85. The van der Waals surface area contributed by atoms with Crippen molar-refractivity contribution in [3.63, 3.8) is 0 Å². The molecule has 2 aromatic rings. The van der Waals surface area contributed by atoms with Crippen LogP contribution in [0.5, 0.6) is 0 Å². The molecule has 2 atom stereocenters. The summed E-state index contributed by atoms with van der Waals surface area (Å²) in [5.74, 6) is 0.539. The number of alkyl halides is 1. The number of morpholine rings is 1. The number of hydrogen-bond donors (Lipinski definition) is 2. The number of carbonyl (C=O) groups is 1. The maximum Gasteiger partial charge on any atom is 0.231 e. The average molecular weight is 501 g/mol. The second-order valence-electron chi connectivity index (χ2n) is 8.71. The lowest BCUT2D eigenvalue weighted by molar-refractivity contribution is -0.122. The topological polar surface area (TPSA) is 136 Å². The van der Waals surface area contributed by atoms with Gasteiger partial charge >= 0.3 is 0 Å². The minimum Gasteiger partial charge on any atom is -0.369 e. The number of primary amides is 1. The lowest BCUT2D eigenvalue weighted by atomic mass is 9.98. The van der Waals surface area contributed by atoms with Gasteiger partial charge in [-0.1, -0.05) is 23.7 Å². The molecule has 4 rings (SSSR count). The van der Waals surface area contributed by atoms with E-state index in [1.807, 2.05) is 30.9 Å². The van der Waals surface area contributed by atoms with Crippen LogP contribution in [0.15, 0.2) is 18.2 Å². The van der Waals surface area contributed by atoms with E-state index in [-0.39, 0.29) is 19.1 Å². The first-order valence-corrected chi connectivity index (χ1v) is 11.8. The second kappa shape index (κ2) is 10.4. The number of aromatic nitrogens is 2. The van der Waals surface area contributed by atoms with Crippen LogP contribution in [0.3, 0.4) is 0 Å². The van der Waals surface area contributed by atoms with Crippen LogP contribution in [0, 0.1) is 25.2 Å². The minimum absolute atomic E-state index is 0.0598. The van der Waals surface area contributed by atoms with Crippen molar-refractivity contribution in [2.24, 2.45) is 5.73 Å². The van der Waals surface area contributed by atoms with E-state index in [0.717, 1.165) is 11.1 Å². The summed E-state index contributed by atoms with van der Waals surface area (Å²) >= 11 is 7.04. The molecule has 10 nitrogen and oxygen atoms in total. The zero-order valence-corrected chi connectivity index (χ0v) is 20.8. The maximum absolute atomic E-state index is 11.5. The monoisotopic (exact) mass is 500 g/mol. The highest BCUT2D eigenvalue weighted by molar-refractivity contribution is 6.23. The molecule has 35 heavy (non-hydrogen) atoms. The van der Waals surface area contributed by atoms with Crippen LogP contribution in [-0.4, -0.2) is 60.2 Å². The molecule has 11 heteroatoms. The molecule has 0 aliphatic carbocycles. The van der Waals surface area contributed by atoms with E-state index in [1.165, 1.54) is 0 Å². The van der Waals surface area contributed by atoms with Crippen LogP contribution in [0.25, 0.3) is 0 Å². The number of halogens is 1. The first-order chi connectivity index (χ1) is 16.7. The van der Waals surface area contributed by atoms with E-state index in [4.69, 9.17) is 31.5 Å². The van der Waals surface area contributed by atoms with Crippen molar-refractivity contribution in [2.75, 3.05) is 44.8 Å². The molecule has 3 heterocycles. The van der Waals surface area contributed by atoms with Crippen molar-refractivity contribution in [3.8, 4) is 6.07 Å². The number of aryl methyl sites for hydroxylation is 1. The summed E-state index contributed by atoms with van der Waals surface area (Å²) in [7, 11) is 0. The van der Waals surface area contributed by atoms with Gasteiger partial charge in [0.1, 0.15) is 17.3 Å². The van der Waals surface area contributed by atoms with Crippen molar-refractivity contribution < 1.29 is 19.0 Å². The van der Waals surface area contributed by atoms with E-state index >= 15 is 0 Å². The Balaban J connectivity index is 1.76. The second-order valence-corrected chi connectivity index (χ2v) is 9.32. The van der Waals surface area contributed by atoms with Crippen molar-refractivity contribution in [3.05, 3.63) is 52.0 Å². The predicted molar refractivity (Wildman–Crippen MR) is 128 cm³/mol. The summed E-state index contributed by atoms with van der Waals surface area (Å²) in [5, 5.41) is 11.5. The normalized spacial score (nSPS) is 22.0. The van der Waals surface area contributed by atoms with E-state index in [0.29, 0.717) is 54.8 Å². The number of ether oxygens (including phenoxy) is 3. The fourth-order valence-electron chi connectivity index (χ4n) is 4.50. The molecule has 0 saturated carbocycles. The van der Waals surface area contributed by atoms with Gasteiger partial charge in [-0.2, -0.15) is 5.26 Å². The number of carbonyl (C=O) groups excluding carboxylic acids is 1. The summed E-state index contributed by atoms with van der Waals surface area (Å²) in [4.78, 5) is 22.7. The molecule has 2 saturated heterocycles. The van der Waals surface area contributed by atoms with Crippen LogP contribution in [-0.2, 0) is 24.1 Å². The number of rotatable bonds is 7. The van der Waals surface area contributed by atoms with E-state index in [1.54, 1.807) is 13.0 Å². The highest BCUT2D eigenvalue weighted by Gasteiger charge is 2.43. The van der Waals surface area contributed by atoms with Gasteiger partial charge in [0.05, 0.1) is 49.6 Å². The minimum atomic E-state index is -1.36. The quantitative estimate of drug-likeness (QED) is 0.549. The highest BCUT2D eigenvalue weighted by atomic mass is 35.5. The van der Waals surface area contributed by atoms with Crippen LogP contribution in [0.4, 0.5) is 5.82 Å². The number of nitrogens with one attached hydrogen (secondary N) is 1. The molecular weight excluding hydrogens is 472 g/mol. The van der Waals surface area contributed by atoms with Crippen molar-refractivity contribution in [2.45, 2.75) is 38.2 Å². The molecule has 186 valence electrons. The number of anilines is 1. The van der Waals surface area contributed by atoms with Crippen LogP contribution >= 0.6 is 11.6 Å². The van der Waals surface area contributed by atoms with Crippen LogP contribution in [0.2, 0.25) is 0 Å². The average Bonchev–Trinajstić information content (AvgIpc) is 3.33. The molecule has 2 fully saturated rings. The Morgan fingerprint density at radius 1 is 1.34 bits per heavy atom. The third-order valence-electron chi connectivity index (χ3n) is 6.13. The third kappa shape index (κ3) is 5.39. The summed E-state index contributed by atoms with van der Waals surface area (Å²) in [6.45, 7) is 7.59. The number of nitrogens with two attached hydrogens (primary N) is 1. The molecule has 0 spiro atoms. The molecule has 1 aromatic carbocycles. The molecule has 1 unspecified atom stereocenters. The molecule has 0 bridgehead atoms. The number of amides is 1. The number of nitrogens with zero attached hydrogens (tertiary/aromatic N) is 4. The Kier molecular flexibility index (Phi) is 7.54. The van der Waals surface area contributed by atoms with Crippen molar-refractivity contribution >= 4 is 23.3 Å². The molecular formula is C24H29ClN6O4. The highest BCUT2D eigenvalue weighted by Crippen LogP contribution is 2.42. The Hall–Kier alpha value is -2.81. The third-order valence-corrected chi connectivity index (χ3v) is 6.54. The maximum atomic E-state index is 11.5. The van der Waals surface area contributed by atoms with E-state index < -0.39 is 17.3 Å². The van der Waals surface area contributed by atoms with Crippen molar-refractivity contribution in [1.29, 1.82) is 5.26 Å². The zero-order valence-electron chi connectivity index (χ0n) is 20.0. The number of benzene rings is 1. The van der Waals surface area contributed by atoms with Gasteiger partial charge in [0.2, 0.25) is 5.91 Å². The Labute approximate surface area is 209 Å². The van der Waals surface area contributed by atoms with Crippen molar-refractivity contribution in [1.82, 2.24) is 14.9 Å². The van der Waals surface area contributed by atoms with Gasteiger partial charge in [-0.15, -0.1) is 0 Å². The first-order valence-electron chi connectivity index (χ1n) is 11.4. The first kappa shape index (κ1) is 25.3. The summed E-state index contributed by atoms with van der Waals surface area (Å²) in [6.07, 6.45) is -0.738. The van der Waals surface area contributed by atoms with E-state index in [2.05, 4.69) is 21.4 Å². The van der Waals surface area contributed by atoms with Gasteiger partial charge in [-0.05, 0) is 38.0 Å². The zero-order chi connectivity index (χ0) is 25.2. The summed E-state index contributed by atoms with van der Waals surface area (Å²) in [6, 6.07) is 7.65. The molecule has 1 amide bonds. The molecule has 0 radical (unpaired) electrons. The van der Waals surface area contributed by atoms with Crippen LogP contribution in [0.1, 0.15) is 53.0 Å². The fourth-order valence-corrected chi connectivity index (χ4v) is 4.89. The lowest BCUT2D eigenvalue weighted by Crippen LogP contribution is -2.50. The van der Waals surface area contributed by atoms with E-state index in [9.17, 15) is 10.1 Å². The predicted octanol–water partition coefficient (Wildman–Crippen LogP) is 2.39. The number of hydrogen-bond acceptors (Lipinski definition) is 9.